The molecule has 0 heterocycles. The van der Waals surface area contributed by atoms with Crippen molar-refractivity contribution >= 4 is 5.91 Å². The van der Waals surface area contributed by atoms with Gasteiger partial charge in [0.2, 0.25) is 5.91 Å². The lowest BCUT2D eigenvalue weighted by Gasteiger charge is -2.21. The van der Waals surface area contributed by atoms with Crippen LogP contribution in [0.25, 0.3) is 0 Å². The smallest absolute Gasteiger partial charge is 0.234 e. The maximum Gasteiger partial charge on any atom is 0.234 e. The van der Waals surface area contributed by atoms with E-state index in [1.165, 1.54) is 14.2 Å². The van der Waals surface area contributed by atoms with E-state index in [0.717, 1.165) is 0 Å². The van der Waals surface area contributed by atoms with Gasteiger partial charge in [0, 0.05) is 14.2 Å². The van der Waals surface area contributed by atoms with Crippen molar-refractivity contribution in [2.24, 2.45) is 0 Å². The zero-order chi connectivity index (χ0) is 10.3. The van der Waals surface area contributed by atoms with Crippen molar-refractivity contribution in [1.82, 2.24) is 10.6 Å². The van der Waals surface area contributed by atoms with Crippen molar-refractivity contribution in [3.8, 4) is 0 Å². The fourth-order valence-corrected chi connectivity index (χ4v) is 1.04. The molecule has 0 bridgehead atoms. The molecule has 13 heavy (non-hydrogen) atoms. The highest BCUT2D eigenvalue weighted by Gasteiger charge is 2.17. The monoisotopic (exact) mass is 190 g/mol. The highest BCUT2D eigenvalue weighted by Crippen LogP contribution is 1.97. The first-order chi connectivity index (χ1) is 6.15. The van der Waals surface area contributed by atoms with Crippen molar-refractivity contribution in [1.29, 1.82) is 0 Å². The Balaban J connectivity index is 3.82. The molecule has 1 atom stereocenters. The number of carbonyl (C=O) groups excluding carboxylic acids is 1. The van der Waals surface area contributed by atoms with Gasteiger partial charge in [0.1, 0.15) is 0 Å². The van der Waals surface area contributed by atoms with Crippen LogP contribution in [-0.4, -0.2) is 46.1 Å². The van der Waals surface area contributed by atoms with Gasteiger partial charge in [-0.1, -0.05) is 0 Å². The third kappa shape index (κ3) is 4.82. The summed E-state index contributed by atoms with van der Waals surface area (Å²) >= 11 is 0. The molecule has 0 saturated carbocycles. The van der Waals surface area contributed by atoms with Gasteiger partial charge < -0.3 is 20.1 Å². The minimum Gasteiger partial charge on any atom is -0.354 e. The lowest BCUT2D eigenvalue weighted by atomic mass is 10.3. The number of amides is 1. The molecule has 0 spiro atoms. The predicted molar refractivity (Wildman–Crippen MR) is 49.3 cm³/mol. The van der Waals surface area contributed by atoms with E-state index in [4.69, 9.17) is 9.47 Å². The van der Waals surface area contributed by atoms with Gasteiger partial charge in [-0.15, -0.1) is 0 Å². The molecule has 0 aromatic heterocycles. The van der Waals surface area contributed by atoms with Crippen LogP contribution in [0.15, 0.2) is 0 Å². The Morgan fingerprint density at radius 3 is 2.31 bits per heavy atom. The molecule has 0 aromatic rings. The normalized spacial score (nSPS) is 13.0. The predicted octanol–water partition coefficient (Wildman–Crippen LogP) is -0.671. The van der Waals surface area contributed by atoms with Crippen LogP contribution >= 0.6 is 0 Å². The minimum absolute atomic E-state index is 0.0749. The summed E-state index contributed by atoms with van der Waals surface area (Å²) in [4.78, 5) is 11.1. The van der Waals surface area contributed by atoms with E-state index in [-0.39, 0.29) is 11.9 Å². The second-order valence-corrected chi connectivity index (χ2v) is 2.73. The first kappa shape index (κ1) is 12.3. The van der Waals surface area contributed by atoms with Gasteiger partial charge in [-0.2, -0.15) is 0 Å². The topological polar surface area (TPSA) is 59.6 Å². The van der Waals surface area contributed by atoms with Gasteiger partial charge in [0.25, 0.3) is 0 Å². The SMILES string of the molecule is CNCC(=O)NC(C)C(OC)OC. The molecule has 1 unspecified atom stereocenters. The maximum absolute atomic E-state index is 11.1. The third-order valence-corrected chi connectivity index (χ3v) is 1.60. The fraction of sp³-hybridized carbons (Fsp3) is 0.875. The average molecular weight is 190 g/mol. The van der Waals surface area contributed by atoms with E-state index in [9.17, 15) is 4.79 Å². The standard InChI is InChI=1S/C8H18N2O3/c1-6(8(12-3)13-4)10-7(11)5-9-2/h6,8-9H,5H2,1-4H3,(H,10,11). The molecule has 0 rings (SSSR count). The van der Waals surface area contributed by atoms with E-state index in [1.807, 2.05) is 6.92 Å². The first-order valence-electron chi connectivity index (χ1n) is 4.15. The van der Waals surface area contributed by atoms with Gasteiger partial charge in [0.05, 0.1) is 12.6 Å². The van der Waals surface area contributed by atoms with Crippen LogP contribution in [0, 0.1) is 0 Å². The zero-order valence-corrected chi connectivity index (χ0v) is 8.59. The van der Waals surface area contributed by atoms with Gasteiger partial charge in [-0.05, 0) is 14.0 Å². The molecule has 0 aliphatic heterocycles. The average Bonchev–Trinajstić information content (AvgIpc) is 2.06. The third-order valence-electron chi connectivity index (χ3n) is 1.60. The molecular formula is C8H18N2O3. The van der Waals surface area contributed by atoms with Crippen molar-refractivity contribution in [2.75, 3.05) is 27.8 Å². The summed E-state index contributed by atoms with van der Waals surface area (Å²) in [5.41, 5.74) is 0. The first-order valence-corrected chi connectivity index (χ1v) is 4.15. The van der Waals surface area contributed by atoms with Crippen molar-refractivity contribution < 1.29 is 14.3 Å². The van der Waals surface area contributed by atoms with E-state index < -0.39 is 6.29 Å². The molecule has 0 aromatic carbocycles. The number of carbonyl (C=O) groups is 1. The van der Waals surface area contributed by atoms with E-state index in [2.05, 4.69) is 10.6 Å². The zero-order valence-electron chi connectivity index (χ0n) is 8.59. The Morgan fingerprint density at radius 1 is 1.38 bits per heavy atom. The lowest BCUT2D eigenvalue weighted by Crippen LogP contribution is -2.45. The molecule has 5 nitrogen and oxygen atoms in total. The highest BCUT2D eigenvalue weighted by atomic mass is 16.7. The molecule has 78 valence electrons. The Kier molecular flexibility index (Phi) is 6.48. The maximum atomic E-state index is 11.1. The number of hydrogen-bond donors (Lipinski definition) is 2. The van der Waals surface area contributed by atoms with Crippen LogP contribution < -0.4 is 10.6 Å². The number of hydrogen-bond acceptors (Lipinski definition) is 4. The fourth-order valence-electron chi connectivity index (χ4n) is 1.04. The second kappa shape index (κ2) is 6.82. The molecule has 2 N–H and O–H groups in total. The van der Waals surface area contributed by atoms with Crippen LogP contribution in [-0.2, 0) is 14.3 Å². The largest absolute Gasteiger partial charge is 0.354 e. The molecular weight excluding hydrogens is 172 g/mol. The number of nitrogens with one attached hydrogen (secondary N) is 2. The van der Waals surface area contributed by atoms with E-state index >= 15 is 0 Å². The Bertz CT molecular complexity index is 148. The van der Waals surface area contributed by atoms with Crippen molar-refractivity contribution in [3.05, 3.63) is 0 Å². The molecule has 0 aliphatic rings. The Morgan fingerprint density at radius 2 is 1.92 bits per heavy atom. The number of likely N-dealkylation sites (N-methyl/N-ethyl adjacent to an activating group) is 1. The summed E-state index contributed by atoms with van der Waals surface area (Å²) in [7, 11) is 4.79. The highest BCUT2D eigenvalue weighted by molar-refractivity contribution is 5.78. The molecule has 0 saturated heterocycles. The van der Waals surface area contributed by atoms with Crippen LogP contribution in [0.1, 0.15) is 6.92 Å². The molecule has 1 amide bonds. The number of ether oxygens (including phenoxy) is 2. The van der Waals surface area contributed by atoms with Crippen molar-refractivity contribution in [2.45, 2.75) is 19.3 Å². The molecule has 5 heteroatoms. The van der Waals surface area contributed by atoms with Gasteiger partial charge in [-0.25, -0.2) is 0 Å². The van der Waals surface area contributed by atoms with Crippen LogP contribution in [0.2, 0.25) is 0 Å². The molecule has 0 aliphatic carbocycles. The number of rotatable bonds is 6. The number of methoxy groups -OCH3 is 2. The van der Waals surface area contributed by atoms with Crippen LogP contribution in [0.3, 0.4) is 0 Å². The van der Waals surface area contributed by atoms with Crippen LogP contribution in [0.4, 0.5) is 0 Å². The lowest BCUT2D eigenvalue weighted by molar-refractivity contribution is -0.135. The van der Waals surface area contributed by atoms with Gasteiger partial charge >= 0.3 is 0 Å². The summed E-state index contributed by atoms with van der Waals surface area (Å²) in [6, 6.07) is -0.157. The second-order valence-electron chi connectivity index (χ2n) is 2.73. The summed E-state index contributed by atoms with van der Waals surface area (Å²) < 4.78 is 9.97. The summed E-state index contributed by atoms with van der Waals surface area (Å²) in [5, 5.41) is 5.49. The van der Waals surface area contributed by atoms with E-state index in [1.54, 1.807) is 7.05 Å². The van der Waals surface area contributed by atoms with Crippen molar-refractivity contribution in [3.63, 3.8) is 0 Å². The van der Waals surface area contributed by atoms with Gasteiger partial charge in [0.15, 0.2) is 6.29 Å². The molecule has 0 radical (unpaired) electrons. The Labute approximate surface area is 78.8 Å². The quantitative estimate of drug-likeness (QED) is 0.545. The Hall–Kier alpha value is -0.650. The minimum atomic E-state index is -0.402. The summed E-state index contributed by atoms with van der Waals surface area (Å²) in [5.74, 6) is -0.0749. The van der Waals surface area contributed by atoms with Crippen LogP contribution in [0.5, 0.6) is 0 Å². The van der Waals surface area contributed by atoms with Gasteiger partial charge in [-0.3, -0.25) is 4.79 Å². The summed E-state index contributed by atoms with van der Waals surface area (Å²) in [6.45, 7) is 2.12. The summed E-state index contributed by atoms with van der Waals surface area (Å²) in [6.07, 6.45) is -0.402. The van der Waals surface area contributed by atoms with E-state index in [0.29, 0.717) is 6.54 Å². The molecule has 0 fully saturated rings.